The van der Waals surface area contributed by atoms with E-state index < -0.39 is 0 Å². The van der Waals surface area contributed by atoms with Crippen LogP contribution in [0.1, 0.15) is 32.1 Å². The lowest BCUT2D eigenvalue weighted by atomic mass is 10.1. The molecule has 1 saturated carbocycles. The quantitative estimate of drug-likeness (QED) is 0.885. The third kappa shape index (κ3) is 2.84. The van der Waals surface area contributed by atoms with Gasteiger partial charge in [0, 0.05) is 31.7 Å². The normalized spacial score (nSPS) is 29.0. The Morgan fingerprint density at radius 2 is 2.14 bits per heavy atom. The van der Waals surface area contributed by atoms with Gasteiger partial charge in [-0.1, -0.05) is 12.8 Å². The van der Waals surface area contributed by atoms with Gasteiger partial charge < -0.3 is 15.5 Å². The number of hydrogen-bond donors (Lipinski definition) is 2. The fourth-order valence-electron chi connectivity index (χ4n) is 4.14. The zero-order valence-corrected chi connectivity index (χ0v) is 12.6. The Bertz CT molecular complexity index is 473. The summed E-state index contributed by atoms with van der Waals surface area (Å²) in [6.45, 7) is 4.50. The standard InChI is InChI=1S/C16H25N5/c1-2-4-12(3-1)8-18-16-7-14(9-19-20-16)21-10-13-5-6-17-15(13)11-21/h7,9,12-13,15,17H,1-6,8,10-11H2,(H,18,20). The number of nitrogens with zero attached hydrogens (tertiary/aromatic N) is 3. The molecule has 0 bridgehead atoms. The van der Waals surface area contributed by atoms with Crippen molar-refractivity contribution in [2.24, 2.45) is 11.8 Å². The van der Waals surface area contributed by atoms with Gasteiger partial charge in [0.2, 0.25) is 0 Å². The first-order chi connectivity index (χ1) is 10.4. The maximum absolute atomic E-state index is 4.24. The molecule has 0 spiro atoms. The molecule has 2 saturated heterocycles. The van der Waals surface area contributed by atoms with Crippen LogP contribution in [0.3, 0.4) is 0 Å². The lowest BCUT2D eigenvalue weighted by molar-refractivity contribution is 0.556. The molecule has 3 heterocycles. The molecule has 3 aliphatic rings. The molecule has 1 aliphatic carbocycles. The minimum atomic E-state index is 0.674. The molecule has 2 atom stereocenters. The molecule has 5 heteroatoms. The van der Waals surface area contributed by atoms with Crippen molar-refractivity contribution in [3.63, 3.8) is 0 Å². The van der Waals surface area contributed by atoms with Crippen LogP contribution in [0, 0.1) is 11.8 Å². The van der Waals surface area contributed by atoms with Gasteiger partial charge in [-0.3, -0.25) is 0 Å². The van der Waals surface area contributed by atoms with Crippen molar-refractivity contribution in [2.75, 3.05) is 36.4 Å². The highest BCUT2D eigenvalue weighted by Crippen LogP contribution is 2.29. The van der Waals surface area contributed by atoms with Crippen molar-refractivity contribution in [3.05, 3.63) is 12.3 Å². The third-order valence-electron chi connectivity index (χ3n) is 5.41. The minimum absolute atomic E-state index is 0.674. The SMILES string of the molecule is c1nnc(NCC2CCCC2)cc1N1CC2CCNC2C1. The monoisotopic (exact) mass is 287 g/mol. The highest BCUT2D eigenvalue weighted by molar-refractivity contribution is 5.53. The fourth-order valence-corrected chi connectivity index (χ4v) is 4.14. The zero-order valence-electron chi connectivity index (χ0n) is 12.6. The summed E-state index contributed by atoms with van der Waals surface area (Å²) in [7, 11) is 0. The second-order valence-electron chi connectivity index (χ2n) is 6.84. The molecule has 4 rings (SSSR count). The minimum Gasteiger partial charge on any atom is -0.368 e. The van der Waals surface area contributed by atoms with Gasteiger partial charge in [0.15, 0.2) is 5.82 Å². The van der Waals surface area contributed by atoms with Gasteiger partial charge in [0.1, 0.15) is 0 Å². The fraction of sp³-hybridized carbons (Fsp3) is 0.750. The average Bonchev–Trinajstić information content (AvgIpc) is 3.22. The molecule has 1 aromatic rings. The maximum Gasteiger partial charge on any atom is 0.150 e. The average molecular weight is 287 g/mol. The molecule has 3 fully saturated rings. The summed E-state index contributed by atoms with van der Waals surface area (Å²) in [6, 6.07) is 2.84. The van der Waals surface area contributed by atoms with Crippen LogP contribution in [-0.2, 0) is 0 Å². The molecule has 1 aromatic heterocycles. The van der Waals surface area contributed by atoms with E-state index in [2.05, 4.69) is 31.8 Å². The number of hydrogen-bond acceptors (Lipinski definition) is 5. The molecule has 5 nitrogen and oxygen atoms in total. The van der Waals surface area contributed by atoms with Crippen LogP contribution >= 0.6 is 0 Å². The third-order valence-corrected chi connectivity index (χ3v) is 5.41. The molecular formula is C16H25N5. The number of aromatic nitrogens is 2. The van der Waals surface area contributed by atoms with Crippen LogP contribution in [-0.4, -0.2) is 42.4 Å². The number of nitrogens with one attached hydrogen (secondary N) is 2. The first-order valence-electron chi connectivity index (χ1n) is 8.43. The van der Waals surface area contributed by atoms with Gasteiger partial charge in [0.05, 0.1) is 11.9 Å². The Kier molecular flexibility index (Phi) is 3.67. The Morgan fingerprint density at radius 1 is 1.24 bits per heavy atom. The van der Waals surface area contributed by atoms with Crippen LogP contribution in [0.15, 0.2) is 12.3 Å². The van der Waals surface area contributed by atoms with Crippen molar-refractivity contribution in [2.45, 2.75) is 38.1 Å². The summed E-state index contributed by atoms with van der Waals surface area (Å²) in [5.41, 5.74) is 1.22. The summed E-state index contributed by atoms with van der Waals surface area (Å²) in [4.78, 5) is 2.46. The van der Waals surface area contributed by atoms with E-state index in [0.717, 1.165) is 37.3 Å². The molecular weight excluding hydrogens is 262 g/mol. The van der Waals surface area contributed by atoms with Gasteiger partial charge in [-0.25, -0.2) is 0 Å². The van der Waals surface area contributed by atoms with Crippen molar-refractivity contribution in [1.29, 1.82) is 0 Å². The van der Waals surface area contributed by atoms with Crippen LogP contribution in [0.25, 0.3) is 0 Å². The largest absolute Gasteiger partial charge is 0.368 e. The van der Waals surface area contributed by atoms with E-state index in [-0.39, 0.29) is 0 Å². The van der Waals surface area contributed by atoms with E-state index >= 15 is 0 Å². The summed E-state index contributed by atoms with van der Waals surface area (Å²) in [5.74, 6) is 2.57. The molecule has 2 aliphatic heterocycles. The Labute approximate surface area is 126 Å². The summed E-state index contributed by atoms with van der Waals surface area (Å²) in [6.07, 6.45) is 8.72. The Balaban J connectivity index is 1.38. The van der Waals surface area contributed by atoms with Gasteiger partial charge in [-0.15, -0.1) is 5.10 Å². The van der Waals surface area contributed by atoms with E-state index in [1.54, 1.807) is 0 Å². The van der Waals surface area contributed by atoms with Gasteiger partial charge >= 0.3 is 0 Å². The number of anilines is 2. The molecule has 0 aromatic carbocycles. The lowest BCUT2D eigenvalue weighted by Crippen LogP contribution is -2.30. The van der Waals surface area contributed by atoms with Crippen LogP contribution in [0.5, 0.6) is 0 Å². The van der Waals surface area contributed by atoms with Crippen molar-refractivity contribution in [1.82, 2.24) is 15.5 Å². The van der Waals surface area contributed by atoms with E-state index in [0.29, 0.717) is 6.04 Å². The van der Waals surface area contributed by atoms with Crippen LogP contribution in [0.4, 0.5) is 11.5 Å². The molecule has 21 heavy (non-hydrogen) atoms. The zero-order chi connectivity index (χ0) is 14.1. The molecule has 114 valence electrons. The van der Waals surface area contributed by atoms with Crippen molar-refractivity contribution >= 4 is 11.5 Å². The molecule has 0 amide bonds. The second kappa shape index (κ2) is 5.79. The van der Waals surface area contributed by atoms with Gasteiger partial charge in [-0.2, -0.15) is 5.10 Å². The van der Waals surface area contributed by atoms with E-state index in [9.17, 15) is 0 Å². The second-order valence-corrected chi connectivity index (χ2v) is 6.84. The van der Waals surface area contributed by atoms with Crippen LogP contribution < -0.4 is 15.5 Å². The maximum atomic E-state index is 4.24. The number of fused-ring (bicyclic) bond motifs is 1. The predicted octanol–water partition coefficient (Wildman–Crippen LogP) is 1.88. The van der Waals surface area contributed by atoms with E-state index in [1.807, 2.05) is 6.20 Å². The van der Waals surface area contributed by atoms with E-state index in [4.69, 9.17) is 0 Å². The smallest absolute Gasteiger partial charge is 0.150 e. The summed E-state index contributed by atoms with van der Waals surface area (Å²) in [5, 5.41) is 15.5. The predicted molar refractivity (Wildman–Crippen MR) is 84.6 cm³/mol. The topological polar surface area (TPSA) is 53.1 Å². The van der Waals surface area contributed by atoms with Gasteiger partial charge in [0.25, 0.3) is 0 Å². The van der Waals surface area contributed by atoms with E-state index in [1.165, 1.54) is 44.3 Å². The van der Waals surface area contributed by atoms with Gasteiger partial charge in [-0.05, 0) is 37.6 Å². The highest BCUT2D eigenvalue weighted by Gasteiger charge is 2.36. The number of rotatable bonds is 4. The first kappa shape index (κ1) is 13.3. The summed E-state index contributed by atoms with van der Waals surface area (Å²) >= 11 is 0. The highest BCUT2D eigenvalue weighted by atomic mass is 15.2. The molecule has 2 unspecified atom stereocenters. The van der Waals surface area contributed by atoms with Crippen molar-refractivity contribution < 1.29 is 0 Å². The van der Waals surface area contributed by atoms with Crippen LogP contribution in [0.2, 0.25) is 0 Å². The Morgan fingerprint density at radius 3 is 3.00 bits per heavy atom. The Hall–Kier alpha value is -1.36. The molecule has 2 N–H and O–H groups in total. The summed E-state index contributed by atoms with van der Waals surface area (Å²) < 4.78 is 0. The van der Waals surface area contributed by atoms with Crippen molar-refractivity contribution in [3.8, 4) is 0 Å². The molecule has 0 radical (unpaired) electrons. The lowest BCUT2D eigenvalue weighted by Gasteiger charge is -2.20. The first-order valence-corrected chi connectivity index (χ1v) is 8.43.